The van der Waals surface area contributed by atoms with Crippen LogP contribution in [-0.2, 0) is 5.41 Å². The van der Waals surface area contributed by atoms with Gasteiger partial charge >= 0.3 is 0 Å². The zero-order valence-electron chi connectivity index (χ0n) is 11.7. The maximum absolute atomic E-state index is 9.55. The van der Waals surface area contributed by atoms with E-state index in [1.807, 2.05) is 18.2 Å². The summed E-state index contributed by atoms with van der Waals surface area (Å²) >= 11 is 0. The van der Waals surface area contributed by atoms with Crippen LogP contribution in [-0.4, -0.2) is 27.9 Å². The molecule has 20 heavy (non-hydrogen) atoms. The van der Waals surface area contributed by atoms with Crippen molar-refractivity contribution in [2.24, 2.45) is 0 Å². The SMILES string of the molecule is CC(C)(c1ccccc1)c1noc([C@H]2C[C@@H](O)CN2)n1. The summed E-state index contributed by atoms with van der Waals surface area (Å²) in [5.41, 5.74) is 0.840. The topological polar surface area (TPSA) is 71.2 Å². The molecule has 106 valence electrons. The van der Waals surface area contributed by atoms with Crippen molar-refractivity contribution in [2.45, 2.75) is 37.8 Å². The predicted molar refractivity (Wildman–Crippen MR) is 74.2 cm³/mol. The van der Waals surface area contributed by atoms with Crippen LogP contribution in [0.1, 0.15) is 43.6 Å². The lowest BCUT2D eigenvalue weighted by atomic mass is 9.84. The summed E-state index contributed by atoms with van der Waals surface area (Å²) in [6, 6.07) is 10.1. The second-order valence-corrected chi connectivity index (χ2v) is 5.80. The second kappa shape index (κ2) is 5.00. The molecule has 2 aromatic rings. The number of β-amino-alcohol motifs (C(OH)–C–C–N with tert-alkyl or cyclic N) is 1. The first-order chi connectivity index (χ1) is 9.57. The summed E-state index contributed by atoms with van der Waals surface area (Å²) in [6.45, 7) is 4.73. The Morgan fingerprint density at radius 3 is 2.70 bits per heavy atom. The van der Waals surface area contributed by atoms with E-state index in [0.717, 1.165) is 5.56 Å². The first kappa shape index (κ1) is 13.3. The average molecular weight is 273 g/mol. The number of nitrogens with zero attached hydrogens (tertiary/aromatic N) is 2. The van der Waals surface area contributed by atoms with Gasteiger partial charge in [-0.15, -0.1) is 0 Å². The maximum atomic E-state index is 9.55. The predicted octanol–water partition coefficient (Wildman–Crippen LogP) is 1.79. The van der Waals surface area contributed by atoms with E-state index in [0.29, 0.717) is 24.7 Å². The number of rotatable bonds is 3. The molecule has 1 aliphatic rings. The van der Waals surface area contributed by atoms with Crippen LogP contribution in [0.4, 0.5) is 0 Å². The summed E-state index contributed by atoms with van der Waals surface area (Å²) < 4.78 is 5.37. The maximum Gasteiger partial charge on any atom is 0.243 e. The van der Waals surface area contributed by atoms with Gasteiger partial charge in [0.1, 0.15) is 0 Å². The molecule has 2 heterocycles. The second-order valence-electron chi connectivity index (χ2n) is 5.80. The van der Waals surface area contributed by atoms with Crippen LogP contribution in [0.15, 0.2) is 34.9 Å². The fourth-order valence-electron chi connectivity index (χ4n) is 2.52. The van der Waals surface area contributed by atoms with Crippen LogP contribution >= 0.6 is 0 Å². The van der Waals surface area contributed by atoms with Crippen molar-refractivity contribution in [3.05, 3.63) is 47.6 Å². The van der Waals surface area contributed by atoms with Crippen molar-refractivity contribution in [3.8, 4) is 0 Å². The van der Waals surface area contributed by atoms with Crippen LogP contribution in [0, 0.1) is 0 Å². The van der Waals surface area contributed by atoms with E-state index in [9.17, 15) is 5.11 Å². The molecule has 5 heteroatoms. The molecule has 1 aromatic carbocycles. The Labute approximate surface area is 118 Å². The Morgan fingerprint density at radius 1 is 1.30 bits per heavy atom. The number of nitrogens with one attached hydrogen (secondary N) is 1. The minimum absolute atomic E-state index is 0.0437. The highest BCUT2D eigenvalue weighted by Gasteiger charge is 2.32. The van der Waals surface area contributed by atoms with Gasteiger partial charge in [-0.25, -0.2) is 0 Å². The Morgan fingerprint density at radius 2 is 2.05 bits per heavy atom. The first-order valence-electron chi connectivity index (χ1n) is 6.88. The van der Waals surface area contributed by atoms with Crippen LogP contribution in [0.2, 0.25) is 0 Å². The first-order valence-corrected chi connectivity index (χ1v) is 6.88. The third-order valence-electron chi connectivity index (χ3n) is 3.90. The molecule has 0 amide bonds. The molecule has 2 N–H and O–H groups in total. The number of aliphatic hydroxyl groups is 1. The lowest BCUT2D eigenvalue weighted by molar-refractivity contribution is 0.191. The zero-order valence-corrected chi connectivity index (χ0v) is 11.7. The third-order valence-corrected chi connectivity index (χ3v) is 3.90. The molecule has 0 unspecified atom stereocenters. The lowest BCUT2D eigenvalue weighted by Crippen LogP contribution is -2.21. The highest BCUT2D eigenvalue weighted by Crippen LogP contribution is 2.31. The minimum Gasteiger partial charge on any atom is -0.392 e. The molecule has 1 fully saturated rings. The number of aliphatic hydroxyl groups excluding tert-OH is 1. The highest BCUT2D eigenvalue weighted by molar-refractivity contribution is 5.30. The standard InChI is InChI=1S/C15H19N3O2/c1-15(2,10-6-4-3-5-7-10)14-17-13(20-18-14)12-8-11(19)9-16-12/h3-7,11-12,16,19H,8-9H2,1-2H3/t11-,12-/m1/s1. The van der Waals surface area contributed by atoms with E-state index in [1.54, 1.807) is 0 Å². The van der Waals surface area contributed by atoms with Gasteiger partial charge in [-0.3, -0.25) is 0 Å². The Bertz CT molecular complexity index is 580. The van der Waals surface area contributed by atoms with Gasteiger partial charge < -0.3 is 14.9 Å². The monoisotopic (exact) mass is 273 g/mol. The van der Waals surface area contributed by atoms with Crippen LogP contribution in [0.5, 0.6) is 0 Å². The fourth-order valence-corrected chi connectivity index (χ4v) is 2.52. The molecule has 1 saturated heterocycles. The highest BCUT2D eigenvalue weighted by atomic mass is 16.5. The number of hydrogen-bond donors (Lipinski definition) is 2. The summed E-state index contributed by atoms with van der Waals surface area (Å²) in [6.07, 6.45) is 0.283. The zero-order chi connectivity index (χ0) is 14.2. The van der Waals surface area contributed by atoms with Crippen molar-refractivity contribution < 1.29 is 9.63 Å². The van der Waals surface area contributed by atoms with Crippen LogP contribution in [0.3, 0.4) is 0 Å². The number of aromatic nitrogens is 2. The molecule has 2 atom stereocenters. The average Bonchev–Trinajstić information content (AvgIpc) is 3.08. The molecule has 0 radical (unpaired) electrons. The minimum atomic E-state index is -0.336. The normalized spacial score (nSPS) is 23.1. The summed E-state index contributed by atoms with van der Waals surface area (Å²) in [5.74, 6) is 1.22. The fraction of sp³-hybridized carbons (Fsp3) is 0.467. The van der Waals surface area contributed by atoms with Gasteiger partial charge in [0.2, 0.25) is 5.89 Å². The molecule has 0 saturated carbocycles. The largest absolute Gasteiger partial charge is 0.392 e. The van der Waals surface area contributed by atoms with Crippen molar-refractivity contribution in [2.75, 3.05) is 6.54 Å². The smallest absolute Gasteiger partial charge is 0.243 e. The van der Waals surface area contributed by atoms with Gasteiger partial charge in [0.25, 0.3) is 0 Å². The van der Waals surface area contributed by atoms with Crippen molar-refractivity contribution in [1.29, 1.82) is 0 Å². The summed E-state index contributed by atoms with van der Waals surface area (Å²) in [5, 5.41) is 16.9. The van der Waals surface area contributed by atoms with Crippen LogP contribution in [0.25, 0.3) is 0 Å². The Hall–Kier alpha value is -1.72. The van der Waals surface area contributed by atoms with Gasteiger partial charge in [-0.1, -0.05) is 35.5 Å². The van der Waals surface area contributed by atoms with Gasteiger partial charge in [-0.2, -0.15) is 4.98 Å². The molecule has 1 aromatic heterocycles. The van der Waals surface area contributed by atoms with Crippen molar-refractivity contribution >= 4 is 0 Å². The van der Waals surface area contributed by atoms with Crippen LogP contribution < -0.4 is 5.32 Å². The molecule has 5 nitrogen and oxygen atoms in total. The third kappa shape index (κ3) is 2.34. The van der Waals surface area contributed by atoms with E-state index in [1.165, 1.54) is 0 Å². The molecule has 0 bridgehead atoms. The molecule has 0 spiro atoms. The van der Waals surface area contributed by atoms with Crippen molar-refractivity contribution in [3.63, 3.8) is 0 Å². The van der Waals surface area contributed by atoms with E-state index >= 15 is 0 Å². The molecule has 1 aliphatic heterocycles. The summed E-state index contributed by atoms with van der Waals surface area (Å²) in [7, 11) is 0. The van der Waals surface area contributed by atoms with E-state index in [-0.39, 0.29) is 17.6 Å². The van der Waals surface area contributed by atoms with E-state index in [2.05, 4.69) is 41.4 Å². The Kier molecular flexibility index (Phi) is 3.31. The van der Waals surface area contributed by atoms with E-state index < -0.39 is 0 Å². The van der Waals surface area contributed by atoms with Gasteiger partial charge in [0.15, 0.2) is 5.82 Å². The number of benzene rings is 1. The quantitative estimate of drug-likeness (QED) is 0.892. The lowest BCUT2D eigenvalue weighted by Gasteiger charge is -2.20. The summed E-state index contributed by atoms with van der Waals surface area (Å²) in [4.78, 5) is 4.52. The molecule has 3 rings (SSSR count). The van der Waals surface area contributed by atoms with Gasteiger partial charge in [-0.05, 0) is 25.8 Å². The van der Waals surface area contributed by atoms with Gasteiger partial charge in [0.05, 0.1) is 17.6 Å². The van der Waals surface area contributed by atoms with Gasteiger partial charge in [0, 0.05) is 6.54 Å². The number of hydrogen-bond acceptors (Lipinski definition) is 5. The molecule has 0 aliphatic carbocycles. The van der Waals surface area contributed by atoms with E-state index in [4.69, 9.17) is 4.52 Å². The molecular weight excluding hydrogens is 254 g/mol. The molecular formula is C15H19N3O2. The Balaban J connectivity index is 1.86. The van der Waals surface area contributed by atoms with Crippen molar-refractivity contribution in [1.82, 2.24) is 15.5 Å².